The van der Waals surface area contributed by atoms with Gasteiger partial charge in [-0.3, -0.25) is 14.5 Å². The van der Waals surface area contributed by atoms with Gasteiger partial charge in [0.15, 0.2) is 39.5 Å². The monoisotopic (exact) mass is 612 g/mol. The smallest absolute Gasteiger partial charge is 0.296 e. The summed E-state index contributed by atoms with van der Waals surface area (Å²) in [5.74, 6) is -0.610. The first-order chi connectivity index (χ1) is 21.3. The van der Waals surface area contributed by atoms with Gasteiger partial charge in [0, 0.05) is 5.39 Å². The largest absolute Gasteiger partial charge is 0.503 e. The van der Waals surface area contributed by atoms with E-state index in [0.717, 1.165) is 29.5 Å². The second-order valence-electron chi connectivity index (χ2n) is 10.6. The van der Waals surface area contributed by atoms with Crippen LogP contribution in [0.1, 0.15) is 53.9 Å². The van der Waals surface area contributed by atoms with Gasteiger partial charge in [0.05, 0.1) is 42.7 Å². The molecule has 0 saturated heterocycles. The Bertz CT molecular complexity index is 1920. The Morgan fingerprint density at radius 1 is 1.02 bits per heavy atom. The second-order valence-corrected chi connectivity index (χ2v) is 11.6. The summed E-state index contributed by atoms with van der Waals surface area (Å²) in [7, 11) is 3.05. The van der Waals surface area contributed by atoms with Gasteiger partial charge in [0.2, 0.25) is 5.78 Å². The lowest BCUT2D eigenvalue weighted by Gasteiger charge is -2.25. The first-order valence-corrected chi connectivity index (χ1v) is 15.2. The van der Waals surface area contributed by atoms with Gasteiger partial charge in [-0.1, -0.05) is 55.4 Å². The van der Waals surface area contributed by atoms with Gasteiger partial charge in [0.1, 0.15) is 0 Å². The average Bonchev–Trinajstić information content (AvgIpc) is 3.72. The number of nitrogens with zero attached hydrogens (tertiary/aromatic N) is 2. The first-order valence-electron chi connectivity index (χ1n) is 14.4. The number of methoxy groups -OCH3 is 2. The molecule has 44 heavy (non-hydrogen) atoms. The minimum Gasteiger partial charge on any atom is -0.503 e. The molecule has 5 aromatic rings. The number of para-hydroxylation sites is 1. The predicted octanol–water partition coefficient (Wildman–Crippen LogP) is 7.72. The molecule has 226 valence electrons. The fourth-order valence-corrected chi connectivity index (χ4v) is 6.51. The average molecular weight is 613 g/mol. The van der Waals surface area contributed by atoms with Gasteiger partial charge >= 0.3 is 0 Å². The molecule has 1 unspecified atom stereocenters. The molecule has 1 atom stereocenters. The molecule has 0 fully saturated rings. The molecule has 0 spiro atoms. The van der Waals surface area contributed by atoms with E-state index in [4.69, 9.17) is 23.6 Å². The number of thiazole rings is 1. The van der Waals surface area contributed by atoms with Gasteiger partial charge in [-0.25, -0.2) is 4.98 Å². The van der Waals surface area contributed by atoms with Gasteiger partial charge in [-0.2, -0.15) is 0 Å². The van der Waals surface area contributed by atoms with Crippen LogP contribution in [0, 0.1) is 6.92 Å². The highest BCUT2D eigenvalue weighted by atomic mass is 32.1. The van der Waals surface area contributed by atoms with Crippen LogP contribution in [0.4, 0.5) is 5.13 Å². The van der Waals surface area contributed by atoms with E-state index in [1.54, 1.807) is 42.5 Å². The summed E-state index contributed by atoms with van der Waals surface area (Å²) in [6.45, 7) is 4.64. The molecule has 1 aliphatic heterocycles. The minimum absolute atomic E-state index is 0.0338. The molecule has 0 aliphatic carbocycles. The van der Waals surface area contributed by atoms with Gasteiger partial charge < -0.3 is 23.7 Å². The number of amides is 1. The number of hydrogen-bond donors (Lipinski definition) is 1. The van der Waals surface area contributed by atoms with Crippen molar-refractivity contribution in [1.29, 1.82) is 0 Å². The molecule has 1 aliphatic rings. The van der Waals surface area contributed by atoms with Gasteiger partial charge in [0.25, 0.3) is 5.91 Å². The first kappa shape index (κ1) is 29.3. The van der Waals surface area contributed by atoms with E-state index < -0.39 is 23.5 Å². The van der Waals surface area contributed by atoms with Crippen LogP contribution >= 0.6 is 11.3 Å². The van der Waals surface area contributed by atoms with Crippen LogP contribution in [-0.4, -0.2) is 42.6 Å². The Morgan fingerprint density at radius 3 is 2.61 bits per heavy atom. The van der Waals surface area contributed by atoms with Crippen molar-refractivity contribution in [3.8, 4) is 17.2 Å². The summed E-state index contributed by atoms with van der Waals surface area (Å²) in [6.07, 6.45) is 3.02. The highest BCUT2D eigenvalue weighted by Gasteiger charge is 2.47. The quantitative estimate of drug-likeness (QED) is 0.119. The van der Waals surface area contributed by atoms with Crippen LogP contribution in [0.5, 0.6) is 17.2 Å². The highest BCUT2D eigenvalue weighted by Crippen LogP contribution is 2.46. The second kappa shape index (κ2) is 12.0. The summed E-state index contributed by atoms with van der Waals surface area (Å²) in [5, 5.41) is 12.3. The van der Waals surface area contributed by atoms with E-state index in [9.17, 15) is 14.7 Å². The fraction of sp³-hybridized carbons (Fsp3) is 0.265. The molecule has 3 heterocycles. The van der Waals surface area contributed by atoms with Crippen molar-refractivity contribution in [2.24, 2.45) is 0 Å². The number of carbonyl (C=O) groups excluding carboxylic acids is 2. The van der Waals surface area contributed by atoms with Crippen LogP contribution in [0.3, 0.4) is 0 Å². The van der Waals surface area contributed by atoms with E-state index in [-0.39, 0.29) is 11.3 Å². The third kappa shape index (κ3) is 5.15. The number of aliphatic hydroxyl groups excluding tert-OH is 1. The van der Waals surface area contributed by atoms with E-state index in [2.05, 4.69) is 6.92 Å². The Kier molecular flexibility index (Phi) is 8.01. The molecule has 1 amide bonds. The van der Waals surface area contributed by atoms with Crippen molar-refractivity contribution in [3.63, 3.8) is 0 Å². The van der Waals surface area contributed by atoms with Crippen LogP contribution in [0.15, 0.2) is 76.4 Å². The number of aliphatic hydroxyl groups is 1. The van der Waals surface area contributed by atoms with Crippen molar-refractivity contribution in [3.05, 3.63) is 88.9 Å². The number of furan rings is 1. The number of aromatic nitrogens is 1. The summed E-state index contributed by atoms with van der Waals surface area (Å²) in [5.41, 5.74) is 2.56. The van der Waals surface area contributed by atoms with Crippen molar-refractivity contribution < 1.29 is 33.3 Å². The Balaban J connectivity index is 1.47. The molecule has 10 heteroatoms. The third-order valence-corrected chi connectivity index (χ3v) is 8.67. The Hall–Kier alpha value is -4.83. The maximum Gasteiger partial charge on any atom is 0.296 e. The number of aryl methyl sites for hydroxylation is 1. The fourth-order valence-electron chi connectivity index (χ4n) is 5.42. The number of hydrogen-bond acceptors (Lipinski definition) is 9. The van der Waals surface area contributed by atoms with Crippen molar-refractivity contribution in [2.45, 2.75) is 39.2 Å². The van der Waals surface area contributed by atoms with Crippen molar-refractivity contribution in [2.75, 3.05) is 25.7 Å². The van der Waals surface area contributed by atoms with E-state index >= 15 is 0 Å². The summed E-state index contributed by atoms with van der Waals surface area (Å²) >= 11 is 1.31. The third-order valence-electron chi connectivity index (χ3n) is 7.65. The van der Waals surface area contributed by atoms with Crippen LogP contribution < -0.4 is 19.1 Å². The van der Waals surface area contributed by atoms with Crippen LogP contribution in [0.25, 0.3) is 21.2 Å². The molecule has 0 saturated carbocycles. The maximum atomic E-state index is 14.2. The SMILES string of the molecule is CCCCCOc1ccc(C2C(C(=O)c3cc4cccc(OC)c4o3)=C(O)C(=O)N2c2nc3ccc(C)cc3s2)cc1OC. The van der Waals surface area contributed by atoms with Crippen molar-refractivity contribution in [1.82, 2.24) is 4.98 Å². The molecular weight excluding hydrogens is 580 g/mol. The molecular formula is C34H32N2O7S. The molecule has 6 rings (SSSR count). The zero-order valence-electron chi connectivity index (χ0n) is 24.9. The van der Waals surface area contributed by atoms with Gasteiger partial charge in [-0.05, 0) is 60.9 Å². The number of unbranched alkanes of at least 4 members (excludes halogenated alkanes) is 2. The number of rotatable bonds is 11. The molecule has 3 aromatic carbocycles. The number of Topliss-reactive ketones (excluding diaryl/α,β-unsaturated/α-hetero) is 1. The number of carbonyl (C=O) groups is 2. The summed E-state index contributed by atoms with van der Waals surface area (Å²) in [6, 6.07) is 16.9. The van der Waals surface area contributed by atoms with E-state index in [1.807, 2.05) is 25.1 Å². The Morgan fingerprint density at radius 2 is 1.84 bits per heavy atom. The number of anilines is 1. The molecule has 0 radical (unpaired) electrons. The number of fused-ring (bicyclic) bond motifs is 2. The van der Waals surface area contributed by atoms with Crippen LogP contribution in [-0.2, 0) is 4.79 Å². The predicted molar refractivity (Wildman–Crippen MR) is 169 cm³/mol. The summed E-state index contributed by atoms with van der Waals surface area (Å²) in [4.78, 5) is 34.1. The molecule has 1 N–H and O–H groups in total. The van der Waals surface area contributed by atoms with Crippen LogP contribution in [0.2, 0.25) is 0 Å². The van der Waals surface area contributed by atoms with Crippen molar-refractivity contribution >= 4 is 49.3 Å². The lowest BCUT2D eigenvalue weighted by Crippen LogP contribution is -2.31. The number of ketones is 1. The lowest BCUT2D eigenvalue weighted by molar-refractivity contribution is -0.117. The maximum absolute atomic E-state index is 14.2. The Labute approximate surface area is 258 Å². The molecule has 0 bridgehead atoms. The zero-order chi connectivity index (χ0) is 31.0. The molecule has 2 aromatic heterocycles. The normalized spacial score (nSPS) is 15.0. The summed E-state index contributed by atoms with van der Waals surface area (Å²) < 4.78 is 23.9. The standard InChI is InChI=1S/C34H32N2O7S/c1-5-6-7-15-42-23-14-12-20(17-25(23)41-4)29-28(30(37)26-18-21-9-8-10-24(40-3)32(21)43-26)31(38)33(39)36(29)34-35-22-13-11-19(2)16-27(22)44-34/h8-14,16-18,29,38H,5-7,15H2,1-4H3. The zero-order valence-corrected chi connectivity index (χ0v) is 25.7. The number of benzene rings is 3. The highest BCUT2D eigenvalue weighted by molar-refractivity contribution is 7.22. The lowest BCUT2D eigenvalue weighted by atomic mass is 9.95. The van der Waals surface area contributed by atoms with Gasteiger partial charge in [-0.15, -0.1) is 0 Å². The number of ether oxygens (including phenoxy) is 3. The minimum atomic E-state index is -1.02. The topological polar surface area (TPSA) is 111 Å². The molecule has 9 nitrogen and oxygen atoms in total. The van der Waals surface area contributed by atoms with E-state index in [0.29, 0.717) is 51.0 Å². The van der Waals surface area contributed by atoms with E-state index in [1.165, 1.54) is 30.5 Å².